The highest BCUT2D eigenvalue weighted by Crippen LogP contribution is 2.43. The van der Waals surface area contributed by atoms with Crippen LogP contribution in [0.4, 0.5) is 0 Å². The van der Waals surface area contributed by atoms with Gasteiger partial charge in [0.2, 0.25) is 0 Å². The van der Waals surface area contributed by atoms with E-state index in [0.29, 0.717) is 0 Å². The Hall–Kier alpha value is -2.11. The topological polar surface area (TPSA) is 56.9 Å². The van der Waals surface area contributed by atoms with Crippen LogP contribution in [0.2, 0.25) is 0 Å². The molecule has 0 amide bonds. The van der Waals surface area contributed by atoms with Crippen LogP contribution in [0.15, 0.2) is 24.3 Å². The molecule has 5 heteroatoms. The van der Waals surface area contributed by atoms with Crippen LogP contribution >= 0.6 is 0 Å². The number of rotatable bonds is 2. The van der Waals surface area contributed by atoms with Crippen molar-refractivity contribution in [3.63, 3.8) is 0 Å². The first-order chi connectivity index (χ1) is 12.7. The van der Waals surface area contributed by atoms with Gasteiger partial charge in [-0.2, -0.15) is 5.10 Å². The number of nitrogens with one attached hydrogen (secondary N) is 2. The molecule has 0 saturated carbocycles. The lowest BCUT2D eigenvalue weighted by atomic mass is 9.83. The van der Waals surface area contributed by atoms with E-state index < -0.39 is 0 Å². The van der Waals surface area contributed by atoms with Gasteiger partial charge in [-0.15, -0.1) is 0 Å². The minimum atomic E-state index is -0.135. The fourth-order valence-corrected chi connectivity index (χ4v) is 4.77. The van der Waals surface area contributed by atoms with Gasteiger partial charge in [-0.25, -0.2) is 0 Å². The minimum Gasteiger partial charge on any atom is -0.368 e. The number of aryl methyl sites for hydroxylation is 2. The third kappa shape index (κ3) is 2.42. The Kier molecular flexibility index (Phi) is 3.69. The maximum atomic E-state index is 6.42. The monoisotopic (exact) mass is 350 g/mol. The van der Waals surface area contributed by atoms with E-state index in [4.69, 9.17) is 4.74 Å². The van der Waals surface area contributed by atoms with Crippen LogP contribution in [0.5, 0.6) is 0 Å². The first kappa shape index (κ1) is 16.1. The fourth-order valence-electron chi connectivity index (χ4n) is 4.77. The SMILES string of the molecule is Cc1n[nH]c(C)c1CN1CCC2(CC1)OCCc1c2[nH]c2ccccc12. The third-order valence-corrected chi connectivity index (χ3v) is 6.33. The zero-order valence-electron chi connectivity index (χ0n) is 15.6. The zero-order valence-corrected chi connectivity index (χ0v) is 15.6. The summed E-state index contributed by atoms with van der Waals surface area (Å²) < 4.78 is 6.42. The van der Waals surface area contributed by atoms with Gasteiger partial charge in [0.15, 0.2) is 0 Å². The van der Waals surface area contributed by atoms with E-state index in [1.165, 1.54) is 33.4 Å². The van der Waals surface area contributed by atoms with E-state index in [9.17, 15) is 0 Å². The number of ether oxygens (including phenoxy) is 1. The summed E-state index contributed by atoms with van der Waals surface area (Å²) in [5.74, 6) is 0. The number of fused-ring (bicyclic) bond motifs is 4. The second kappa shape index (κ2) is 5.96. The van der Waals surface area contributed by atoms with Crippen molar-refractivity contribution in [1.82, 2.24) is 20.1 Å². The van der Waals surface area contributed by atoms with Gasteiger partial charge < -0.3 is 9.72 Å². The molecule has 1 aromatic carbocycles. The molecule has 0 bridgehead atoms. The molecule has 0 radical (unpaired) electrons. The van der Waals surface area contributed by atoms with Crippen molar-refractivity contribution in [2.45, 2.75) is 45.3 Å². The fraction of sp³-hybridized carbons (Fsp3) is 0.476. The van der Waals surface area contributed by atoms with Crippen LogP contribution in [0, 0.1) is 13.8 Å². The van der Waals surface area contributed by atoms with Gasteiger partial charge in [0.25, 0.3) is 0 Å². The lowest BCUT2D eigenvalue weighted by Gasteiger charge is -2.43. The summed E-state index contributed by atoms with van der Waals surface area (Å²) in [6.45, 7) is 8.11. The Morgan fingerprint density at radius 1 is 1.19 bits per heavy atom. The lowest BCUT2D eigenvalue weighted by molar-refractivity contribution is -0.101. The summed E-state index contributed by atoms with van der Waals surface area (Å²) in [5.41, 5.74) is 7.57. The van der Waals surface area contributed by atoms with Crippen LogP contribution < -0.4 is 0 Å². The second-order valence-electron chi connectivity index (χ2n) is 7.81. The number of para-hydroxylation sites is 1. The standard InChI is InChI=1S/C21H26N4O/c1-14-18(15(2)24-23-14)13-25-10-8-21(9-11-25)20-17(7-12-26-21)16-5-3-4-6-19(16)22-20/h3-6,22H,7-13H2,1-2H3,(H,23,24). The number of hydrogen-bond acceptors (Lipinski definition) is 3. The van der Waals surface area contributed by atoms with Crippen LogP contribution in [0.3, 0.4) is 0 Å². The van der Waals surface area contributed by atoms with Crippen molar-refractivity contribution in [3.8, 4) is 0 Å². The summed E-state index contributed by atoms with van der Waals surface area (Å²) >= 11 is 0. The number of piperidine rings is 1. The van der Waals surface area contributed by atoms with E-state index in [0.717, 1.165) is 51.2 Å². The van der Waals surface area contributed by atoms with Crippen LogP contribution in [-0.4, -0.2) is 39.8 Å². The third-order valence-electron chi connectivity index (χ3n) is 6.33. The van der Waals surface area contributed by atoms with Gasteiger partial charge >= 0.3 is 0 Å². The Morgan fingerprint density at radius 2 is 2.00 bits per heavy atom. The molecule has 1 spiro atoms. The molecule has 1 fully saturated rings. The van der Waals surface area contributed by atoms with Crippen LogP contribution in [0.25, 0.3) is 10.9 Å². The number of benzene rings is 1. The molecular weight excluding hydrogens is 324 g/mol. The minimum absolute atomic E-state index is 0.135. The number of aromatic amines is 2. The molecule has 5 rings (SSSR count). The number of nitrogens with zero attached hydrogens (tertiary/aromatic N) is 2. The highest BCUT2D eigenvalue weighted by molar-refractivity contribution is 5.85. The molecule has 5 nitrogen and oxygen atoms in total. The van der Waals surface area contributed by atoms with Gasteiger partial charge in [0.05, 0.1) is 18.0 Å². The second-order valence-corrected chi connectivity index (χ2v) is 7.81. The summed E-state index contributed by atoms with van der Waals surface area (Å²) in [6.07, 6.45) is 3.10. The molecule has 2 aliphatic rings. The molecule has 0 aliphatic carbocycles. The molecule has 2 aromatic heterocycles. The highest BCUT2D eigenvalue weighted by atomic mass is 16.5. The molecule has 1 saturated heterocycles. The van der Waals surface area contributed by atoms with Gasteiger partial charge in [0, 0.05) is 41.8 Å². The predicted molar refractivity (Wildman–Crippen MR) is 102 cm³/mol. The molecule has 0 atom stereocenters. The quantitative estimate of drug-likeness (QED) is 0.743. The van der Waals surface area contributed by atoms with Crippen molar-refractivity contribution >= 4 is 10.9 Å². The molecule has 0 unspecified atom stereocenters. The number of likely N-dealkylation sites (tertiary alicyclic amines) is 1. The molecule has 3 aromatic rings. The largest absolute Gasteiger partial charge is 0.368 e. The summed E-state index contributed by atoms with van der Waals surface area (Å²) in [6, 6.07) is 8.66. The van der Waals surface area contributed by atoms with Crippen molar-refractivity contribution in [3.05, 3.63) is 52.5 Å². The normalized spacial score (nSPS) is 19.9. The van der Waals surface area contributed by atoms with E-state index in [1.807, 2.05) is 0 Å². The zero-order chi connectivity index (χ0) is 17.7. The average molecular weight is 350 g/mol. The average Bonchev–Trinajstić information content (AvgIpc) is 3.20. The molecule has 136 valence electrons. The number of aromatic nitrogens is 3. The molecule has 2 aliphatic heterocycles. The van der Waals surface area contributed by atoms with Crippen molar-refractivity contribution in [2.75, 3.05) is 19.7 Å². The van der Waals surface area contributed by atoms with E-state index in [2.05, 4.69) is 58.2 Å². The van der Waals surface area contributed by atoms with Gasteiger partial charge in [-0.05, 0) is 44.7 Å². The van der Waals surface area contributed by atoms with Crippen LogP contribution in [-0.2, 0) is 23.3 Å². The summed E-state index contributed by atoms with van der Waals surface area (Å²) in [7, 11) is 0. The van der Waals surface area contributed by atoms with Gasteiger partial charge in [-0.3, -0.25) is 10.00 Å². The molecular formula is C21H26N4O. The first-order valence-corrected chi connectivity index (χ1v) is 9.63. The number of hydrogen-bond donors (Lipinski definition) is 2. The van der Waals surface area contributed by atoms with E-state index in [1.54, 1.807) is 0 Å². The van der Waals surface area contributed by atoms with Crippen LogP contribution in [0.1, 0.15) is 41.1 Å². The van der Waals surface area contributed by atoms with Gasteiger partial charge in [-0.1, -0.05) is 18.2 Å². The summed E-state index contributed by atoms with van der Waals surface area (Å²) in [4.78, 5) is 6.23. The summed E-state index contributed by atoms with van der Waals surface area (Å²) in [5, 5.41) is 8.82. The Bertz CT molecular complexity index is 927. The number of H-pyrrole nitrogens is 2. The van der Waals surface area contributed by atoms with Gasteiger partial charge in [0.1, 0.15) is 5.60 Å². The lowest BCUT2D eigenvalue weighted by Crippen LogP contribution is -2.46. The highest BCUT2D eigenvalue weighted by Gasteiger charge is 2.42. The first-order valence-electron chi connectivity index (χ1n) is 9.63. The van der Waals surface area contributed by atoms with Crippen molar-refractivity contribution in [2.24, 2.45) is 0 Å². The van der Waals surface area contributed by atoms with Crippen molar-refractivity contribution < 1.29 is 4.74 Å². The smallest absolute Gasteiger partial charge is 0.110 e. The van der Waals surface area contributed by atoms with Crippen molar-refractivity contribution in [1.29, 1.82) is 0 Å². The van der Waals surface area contributed by atoms with E-state index >= 15 is 0 Å². The molecule has 4 heterocycles. The predicted octanol–water partition coefficient (Wildman–Crippen LogP) is 3.57. The maximum absolute atomic E-state index is 6.42. The maximum Gasteiger partial charge on any atom is 0.110 e. The Labute approximate surface area is 153 Å². The Balaban J connectivity index is 1.40. The molecule has 26 heavy (non-hydrogen) atoms. The Morgan fingerprint density at radius 3 is 2.77 bits per heavy atom. The molecule has 2 N–H and O–H groups in total. The van der Waals surface area contributed by atoms with E-state index in [-0.39, 0.29) is 5.60 Å².